The average Bonchev–Trinajstić information content (AvgIpc) is 2.63. The summed E-state index contributed by atoms with van der Waals surface area (Å²) in [5.74, 6) is 0. The molecule has 1 aromatic heterocycles. The SMILES string of the molecule is CN1C2c3cccnc3C1(Cl)c1ccccc1[C@@H]2Br. The normalized spacial score (nSPS) is 31.9. The van der Waals surface area contributed by atoms with Crippen LogP contribution in [0.4, 0.5) is 0 Å². The lowest BCUT2D eigenvalue weighted by molar-refractivity contribution is 0.180. The van der Waals surface area contributed by atoms with E-state index in [1.807, 2.05) is 18.3 Å². The molecule has 2 nitrogen and oxygen atoms in total. The average molecular weight is 336 g/mol. The summed E-state index contributed by atoms with van der Waals surface area (Å²) in [6.07, 6.45) is 1.82. The molecule has 0 amide bonds. The quantitative estimate of drug-likeness (QED) is 0.535. The van der Waals surface area contributed by atoms with Crippen molar-refractivity contribution in [1.29, 1.82) is 0 Å². The van der Waals surface area contributed by atoms with Gasteiger partial charge in [-0.25, -0.2) is 0 Å². The molecule has 19 heavy (non-hydrogen) atoms. The molecule has 2 bridgehead atoms. The number of rotatable bonds is 0. The van der Waals surface area contributed by atoms with Crippen molar-refractivity contribution in [2.75, 3.05) is 7.05 Å². The fourth-order valence-corrected chi connectivity index (χ4v) is 4.86. The van der Waals surface area contributed by atoms with E-state index in [0.717, 1.165) is 11.3 Å². The molecule has 0 aliphatic carbocycles. The predicted octanol–water partition coefficient (Wildman–Crippen LogP) is 3.96. The molecule has 0 fully saturated rings. The molecular weight excluding hydrogens is 324 g/mol. The number of nitrogens with zero attached hydrogens (tertiary/aromatic N) is 2. The third-order valence-corrected chi connectivity index (χ3v) is 5.91. The monoisotopic (exact) mass is 334 g/mol. The third kappa shape index (κ3) is 1.28. The number of halogens is 2. The largest absolute Gasteiger partial charge is 0.271 e. The number of aromatic nitrogens is 1. The first kappa shape index (κ1) is 11.9. The van der Waals surface area contributed by atoms with Gasteiger partial charge < -0.3 is 0 Å². The minimum Gasteiger partial charge on any atom is -0.271 e. The molecule has 2 unspecified atom stereocenters. The maximum Gasteiger partial charge on any atom is 0.165 e. The van der Waals surface area contributed by atoms with Crippen LogP contribution in [0.15, 0.2) is 42.6 Å². The molecule has 0 saturated heterocycles. The van der Waals surface area contributed by atoms with Crippen LogP contribution in [0.5, 0.6) is 0 Å². The van der Waals surface area contributed by atoms with Crippen molar-refractivity contribution in [2.45, 2.75) is 15.9 Å². The van der Waals surface area contributed by atoms with Gasteiger partial charge in [0.15, 0.2) is 5.00 Å². The first-order valence-electron chi connectivity index (χ1n) is 6.26. The van der Waals surface area contributed by atoms with Gasteiger partial charge in [0.25, 0.3) is 0 Å². The van der Waals surface area contributed by atoms with Crippen LogP contribution in [-0.4, -0.2) is 16.9 Å². The second kappa shape index (κ2) is 3.81. The third-order valence-electron chi connectivity index (χ3n) is 4.27. The Labute approximate surface area is 125 Å². The van der Waals surface area contributed by atoms with Crippen molar-refractivity contribution in [2.24, 2.45) is 0 Å². The summed E-state index contributed by atoms with van der Waals surface area (Å²) in [6.45, 7) is 0. The molecule has 2 aliphatic heterocycles. The van der Waals surface area contributed by atoms with Crippen LogP contribution in [0.1, 0.15) is 33.3 Å². The zero-order valence-corrected chi connectivity index (χ0v) is 12.7. The van der Waals surface area contributed by atoms with Crippen molar-refractivity contribution < 1.29 is 0 Å². The van der Waals surface area contributed by atoms with E-state index in [-0.39, 0.29) is 10.9 Å². The molecule has 0 N–H and O–H groups in total. The summed E-state index contributed by atoms with van der Waals surface area (Å²) >= 11 is 10.9. The van der Waals surface area contributed by atoms with Gasteiger partial charge in [-0.1, -0.05) is 57.9 Å². The fourth-order valence-electron chi connectivity index (χ4n) is 3.38. The van der Waals surface area contributed by atoms with Crippen molar-refractivity contribution in [1.82, 2.24) is 9.88 Å². The standard InChI is InChI=1S/C15H12BrClN2/c1-19-13-10-6-4-8-18-14(10)15(19,17)11-7-3-2-5-9(11)12(13)16/h2-8,12-13H,1H3/t12-,13?,15?/m0/s1. The van der Waals surface area contributed by atoms with Gasteiger partial charge >= 0.3 is 0 Å². The van der Waals surface area contributed by atoms with Crippen LogP contribution in [0.25, 0.3) is 0 Å². The summed E-state index contributed by atoms with van der Waals surface area (Å²) in [5, 5.41) is 0. The van der Waals surface area contributed by atoms with Gasteiger partial charge in [-0.3, -0.25) is 9.88 Å². The molecule has 0 radical (unpaired) electrons. The lowest BCUT2D eigenvalue weighted by atomic mass is 9.92. The van der Waals surface area contributed by atoms with Crippen LogP contribution in [0, 0.1) is 0 Å². The Morgan fingerprint density at radius 1 is 1.21 bits per heavy atom. The van der Waals surface area contributed by atoms with Gasteiger partial charge in [0.1, 0.15) is 0 Å². The Bertz CT molecular complexity index is 675. The highest BCUT2D eigenvalue weighted by atomic mass is 79.9. The maximum atomic E-state index is 7.02. The molecule has 0 spiro atoms. The van der Waals surface area contributed by atoms with Crippen molar-refractivity contribution in [3.05, 3.63) is 65.0 Å². The zero-order chi connectivity index (χ0) is 13.2. The summed E-state index contributed by atoms with van der Waals surface area (Å²) in [7, 11) is 2.07. The number of benzene rings is 1. The van der Waals surface area contributed by atoms with E-state index in [4.69, 9.17) is 11.6 Å². The van der Waals surface area contributed by atoms with E-state index < -0.39 is 5.00 Å². The lowest BCUT2D eigenvalue weighted by Gasteiger charge is -2.41. The van der Waals surface area contributed by atoms with E-state index >= 15 is 0 Å². The minimum atomic E-state index is -0.637. The van der Waals surface area contributed by atoms with Gasteiger partial charge in [0.05, 0.1) is 16.6 Å². The molecular formula is C15H12BrClN2. The topological polar surface area (TPSA) is 16.1 Å². The van der Waals surface area contributed by atoms with E-state index in [1.165, 1.54) is 11.1 Å². The number of likely N-dealkylation sites (N-methyl/N-ethyl adjacent to an activating group) is 1. The van der Waals surface area contributed by atoms with E-state index in [9.17, 15) is 0 Å². The number of hydrogen-bond donors (Lipinski definition) is 0. The molecule has 3 heterocycles. The molecule has 3 atom stereocenters. The highest BCUT2D eigenvalue weighted by molar-refractivity contribution is 9.09. The Morgan fingerprint density at radius 3 is 2.79 bits per heavy atom. The highest BCUT2D eigenvalue weighted by Crippen LogP contribution is 2.61. The Hall–Kier alpha value is -0.900. The van der Waals surface area contributed by atoms with Crippen molar-refractivity contribution in [3.63, 3.8) is 0 Å². The van der Waals surface area contributed by atoms with Crippen molar-refractivity contribution in [3.8, 4) is 0 Å². The lowest BCUT2D eigenvalue weighted by Crippen LogP contribution is -2.41. The summed E-state index contributed by atoms with van der Waals surface area (Å²) in [4.78, 5) is 6.38. The molecule has 2 aromatic rings. The van der Waals surface area contributed by atoms with Crippen LogP contribution >= 0.6 is 27.5 Å². The zero-order valence-electron chi connectivity index (χ0n) is 10.3. The van der Waals surface area contributed by atoms with Crippen LogP contribution in [-0.2, 0) is 5.00 Å². The van der Waals surface area contributed by atoms with Gasteiger partial charge in [-0.2, -0.15) is 0 Å². The molecule has 96 valence electrons. The Balaban J connectivity index is 2.11. The highest BCUT2D eigenvalue weighted by Gasteiger charge is 2.56. The first-order valence-corrected chi connectivity index (χ1v) is 7.56. The molecule has 1 aromatic carbocycles. The van der Waals surface area contributed by atoms with E-state index in [1.54, 1.807) is 0 Å². The van der Waals surface area contributed by atoms with E-state index in [2.05, 4.69) is 57.1 Å². The second-order valence-corrected chi connectivity index (χ2v) is 6.64. The molecule has 4 rings (SSSR count). The van der Waals surface area contributed by atoms with Gasteiger partial charge in [-0.15, -0.1) is 0 Å². The van der Waals surface area contributed by atoms with Crippen LogP contribution < -0.4 is 0 Å². The summed E-state index contributed by atoms with van der Waals surface area (Å²) < 4.78 is 0. The fraction of sp³-hybridized carbons (Fsp3) is 0.267. The minimum absolute atomic E-state index is 0.232. The van der Waals surface area contributed by atoms with Crippen molar-refractivity contribution >= 4 is 27.5 Å². The summed E-state index contributed by atoms with van der Waals surface area (Å²) in [5.41, 5.74) is 4.59. The van der Waals surface area contributed by atoms with Gasteiger partial charge in [0, 0.05) is 6.20 Å². The second-order valence-electron chi connectivity index (χ2n) is 5.11. The van der Waals surface area contributed by atoms with Gasteiger partial charge in [-0.05, 0) is 29.8 Å². The first-order chi connectivity index (χ1) is 9.15. The smallest absolute Gasteiger partial charge is 0.165 e. The van der Waals surface area contributed by atoms with Crippen LogP contribution in [0.3, 0.4) is 0 Å². The van der Waals surface area contributed by atoms with Gasteiger partial charge in [0.2, 0.25) is 0 Å². The number of alkyl halides is 2. The maximum absolute atomic E-state index is 7.02. The summed E-state index contributed by atoms with van der Waals surface area (Å²) in [6, 6.07) is 12.7. The van der Waals surface area contributed by atoms with E-state index in [0.29, 0.717) is 0 Å². The Morgan fingerprint density at radius 2 is 1.95 bits per heavy atom. The number of fused-ring (bicyclic) bond motifs is 7. The molecule has 4 heteroatoms. The Kier molecular flexibility index (Phi) is 2.39. The molecule has 0 saturated carbocycles. The molecule has 2 aliphatic rings. The predicted molar refractivity (Wildman–Crippen MR) is 79.5 cm³/mol. The number of hydrogen-bond acceptors (Lipinski definition) is 2. The number of pyridine rings is 1. The van der Waals surface area contributed by atoms with Crippen LogP contribution in [0.2, 0.25) is 0 Å².